The van der Waals surface area contributed by atoms with E-state index in [0.717, 1.165) is 41.2 Å². The lowest BCUT2D eigenvalue weighted by Gasteiger charge is -2.11. The van der Waals surface area contributed by atoms with Crippen LogP contribution in [0.5, 0.6) is 11.6 Å². The second-order valence-electron chi connectivity index (χ2n) is 8.12. The molecule has 0 saturated carbocycles. The Labute approximate surface area is 205 Å². The zero-order valence-electron chi connectivity index (χ0n) is 19.5. The van der Waals surface area contributed by atoms with Crippen LogP contribution in [0.4, 0.5) is 18.9 Å². The summed E-state index contributed by atoms with van der Waals surface area (Å²) in [7, 11) is -3.85. The van der Waals surface area contributed by atoms with Gasteiger partial charge in [-0.3, -0.25) is 4.72 Å². The Hall–Kier alpha value is -3.93. The lowest BCUT2D eigenvalue weighted by Crippen LogP contribution is -2.15. The van der Waals surface area contributed by atoms with Crippen molar-refractivity contribution in [2.45, 2.75) is 32.7 Å². The molecule has 0 atom stereocenters. The molecule has 0 unspecified atom stereocenters. The van der Waals surface area contributed by atoms with Crippen LogP contribution < -0.4 is 9.46 Å². The summed E-state index contributed by atoms with van der Waals surface area (Å²) in [5.41, 5.74) is 2.61. The van der Waals surface area contributed by atoms with Gasteiger partial charge in [-0.2, -0.15) is 18.3 Å². The Morgan fingerprint density at radius 1 is 0.917 bits per heavy atom. The molecule has 0 spiro atoms. The number of rotatable bonds is 7. The summed E-state index contributed by atoms with van der Waals surface area (Å²) in [5, 5.41) is 12.7. The van der Waals surface area contributed by atoms with Crippen molar-refractivity contribution in [1.82, 2.24) is 20.0 Å². The van der Waals surface area contributed by atoms with E-state index in [9.17, 15) is 21.6 Å². The normalized spacial score (nSPS) is 11.9. The van der Waals surface area contributed by atoms with Gasteiger partial charge >= 0.3 is 6.18 Å². The van der Waals surface area contributed by atoms with E-state index < -0.39 is 27.5 Å². The van der Waals surface area contributed by atoms with E-state index in [0.29, 0.717) is 11.6 Å². The molecule has 188 valence electrons. The molecule has 2 heterocycles. The quantitative estimate of drug-likeness (QED) is 0.355. The Morgan fingerprint density at radius 2 is 1.58 bits per heavy atom. The van der Waals surface area contributed by atoms with Crippen LogP contribution in [0.15, 0.2) is 60.7 Å². The molecule has 0 amide bonds. The first-order valence-corrected chi connectivity index (χ1v) is 12.4. The van der Waals surface area contributed by atoms with Gasteiger partial charge in [0.15, 0.2) is 5.82 Å². The first-order valence-electron chi connectivity index (χ1n) is 10.7. The number of sulfonamides is 1. The Balaban J connectivity index is 1.38. The van der Waals surface area contributed by atoms with Gasteiger partial charge in [-0.05, 0) is 74.4 Å². The van der Waals surface area contributed by atoms with Gasteiger partial charge < -0.3 is 4.74 Å². The van der Waals surface area contributed by atoms with E-state index in [4.69, 9.17) is 4.74 Å². The molecule has 0 aliphatic carbocycles. The number of nitrogens with zero attached hydrogens (tertiary/aromatic N) is 4. The Morgan fingerprint density at radius 3 is 2.11 bits per heavy atom. The van der Waals surface area contributed by atoms with Gasteiger partial charge in [0.2, 0.25) is 15.9 Å². The number of anilines is 1. The van der Waals surface area contributed by atoms with Crippen LogP contribution in [0, 0.1) is 20.8 Å². The number of aromatic nitrogens is 4. The summed E-state index contributed by atoms with van der Waals surface area (Å²) in [4.78, 5) is 0. The van der Waals surface area contributed by atoms with Gasteiger partial charge in [-0.1, -0.05) is 12.1 Å². The molecule has 0 radical (unpaired) electrons. The van der Waals surface area contributed by atoms with Crippen LogP contribution in [0.2, 0.25) is 0 Å². The van der Waals surface area contributed by atoms with Crippen molar-refractivity contribution in [3.05, 3.63) is 88.7 Å². The highest BCUT2D eigenvalue weighted by Gasteiger charge is 2.30. The van der Waals surface area contributed by atoms with E-state index in [1.807, 2.05) is 20.8 Å². The van der Waals surface area contributed by atoms with Gasteiger partial charge in [0.25, 0.3) is 0 Å². The average molecular weight is 518 g/mol. The number of nitrogens with one attached hydrogen (secondary N) is 1. The minimum Gasteiger partial charge on any atom is -0.438 e. The number of ether oxygens (including phenoxy) is 1. The molecule has 0 bridgehead atoms. The predicted molar refractivity (Wildman–Crippen MR) is 128 cm³/mol. The molecule has 2 aromatic heterocycles. The van der Waals surface area contributed by atoms with E-state index in [1.165, 1.54) is 12.1 Å². The van der Waals surface area contributed by atoms with Crippen LogP contribution >= 0.6 is 0 Å². The van der Waals surface area contributed by atoms with Gasteiger partial charge in [0.05, 0.1) is 17.0 Å². The highest BCUT2D eigenvalue weighted by Crippen LogP contribution is 2.29. The van der Waals surface area contributed by atoms with Gasteiger partial charge in [0.1, 0.15) is 5.75 Å². The number of aryl methyl sites for hydroxylation is 1. The summed E-state index contributed by atoms with van der Waals surface area (Å²) in [6, 6.07) is 13.5. The van der Waals surface area contributed by atoms with Crippen molar-refractivity contribution in [2.75, 3.05) is 4.72 Å². The van der Waals surface area contributed by atoms with Crippen molar-refractivity contribution in [1.29, 1.82) is 0 Å². The van der Waals surface area contributed by atoms with E-state index >= 15 is 0 Å². The van der Waals surface area contributed by atoms with Crippen LogP contribution in [-0.2, 0) is 22.0 Å². The topological polar surface area (TPSA) is 99.0 Å². The molecule has 1 N–H and O–H groups in total. The van der Waals surface area contributed by atoms with E-state index in [1.54, 1.807) is 28.9 Å². The molecule has 0 aliphatic rings. The monoisotopic (exact) mass is 517 g/mol. The molecule has 0 saturated heterocycles. The van der Waals surface area contributed by atoms with Crippen molar-refractivity contribution < 1.29 is 26.3 Å². The van der Waals surface area contributed by atoms with Crippen molar-refractivity contribution in [3.8, 4) is 17.4 Å². The third-order valence-corrected chi connectivity index (χ3v) is 6.74. The highest BCUT2D eigenvalue weighted by molar-refractivity contribution is 7.91. The fraction of sp³-hybridized carbons (Fsp3) is 0.208. The van der Waals surface area contributed by atoms with Gasteiger partial charge in [-0.25, -0.2) is 13.1 Å². The lowest BCUT2D eigenvalue weighted by atomic mass is 10.1. The maximum Gasteiger partial charge on any atom is 0.416 e. The van der Waals surface area contributed by atoms with Gasteiger partial charge in [-0.15, -0.1) is 10.2 Å². The third-order valence-electron chi connectivity index (χ3n) is 5.48. The molecule has 0 fully saturated rings. The van der Waals surface area contributed by atoms with E-state index in [2.05, 4.69) is 20.0 Å². The molecular formula is C24H22F3N5O3S. The molecule has 2 aromatic carbocycles. The maximum absolute atomic E-state index is 12.7. The molecule has 36 heavy (non-hydrogen) atoms. The smallest absolute Gasteiger partial charge is 0.416 e. The van der Waals surface area contributed by atoms with Crippen LogP contribution in [-0.4, -0.2) is 28.4 Å². The average Bonchev–Trinajstić information content (AvgIpc) is 3.07. The van der Waals surface area contributed by atoms with E-state index in [-0.39, 0.29) is 17.1 Å². The molecular weight excluding hydrogens is 495 g/mol. The minimum atomic E-state index is -4.48. The minimum absolute atomic E-state index is 0.230. The van der Waals surface area contributed by atoms with Crippen molar-refractivity contribution >= 4 is 15.7 Å². The predicted octanol–water partition coefficient (Wildman–Crippen LogP) is 5.34. The maximum atomic E-state index is 12.7. The second-order valence-corrected chi connectivity index (χ2v) is 9.84. The largest absolute Gasteiger partial charge is 0.438 e. The Kier molecular flexibility index (Phi) is 6.72. The third kappa shape index (κ3) is 5.82. The van der Waals surface area contributed by atoms with Gasteiger partial charge in [0, 0.05) is 17.4 Å². The van der Waals surface area contributed by atoms with Crippen molar-refractivity contribution in [2.24, 2.45) is 0 Å². The number of hydrogen-bond acceptors (Lipinski definition) is 6. The fourth-order valence-electron chi connectivity index (χ4n) is 3.36. The first-order chi connectivity index (χ1) is 16.9. The highest BCUT2D eigenvalue weighted by atomic mass is 32.2. The zero-order chi connectivity index (χ0) is 26.1. The first kappa shape index (κ1) is 25.2. The van der Waals surface area contributed by atoms with Crippen LogP contribution in [0.25, 0.3) is 5.82 Å². The lowest BCUT2D eigenvalue weighted by molar-refractivity contribution is -0.137. The molecule has 4 aromatic rings. The second kappa shape index (κ2) is 9.61. The number of halogens is 3. The standard InChI is InChI=1S/C24H22F3N5O3S/c1-15-16(2)30-32(17(15)3)22-12-13-23(29-28-22)35-21-10-8-20(9-11-21)31-36(33,34)14-18-4-6-19(7-5-18)24(25,26)27/h4-13,31H,14H2,1-3H3. The summed E-state index contributed by atoms with van der Waals surface area (Å²) in [6.07, 6.45) is -4.48. The SMILES string of the molecule is Cc1nn(-c2ccc(Oc3ccc(NS(=O)(=O)Cc4ccc(C(F)(F)F)cc4)cc3)nn2)c(C)c1C. The summed E-state index contributed by atoms with van der Waals surface area (Å²) in [6.45, 7) is 5.85. The number of benzene rings is 2. The van der Waals surface area contributed by atoms with Crippen molar-refractivity contribution in [3.63, 3.8) is 0 Å². The molecule has 4 rings (SSSR count). The summed E-state index contributed by atoms with van der Waals surface area (Å²) >= 11 is 0. The summed E-state index contributed by atoms with van der Waals surface area (Å²) < 4.78 is 72.7. The number of hydrogen-bond donors (Lipinski definition) is 1. The zero-order valence-corrected chi connectivity index (χ0v) is 20.4. The molecule has 8 nitrogen and oxygen atoms in total. The van der Waals surface area contributed by atoms with Crippen LogP contribution in [0.3, 0.4) is 0 Å². The molecule has 12 heteroatoms. The van der Waals surface area contributed by atoms with Crippen LogP contribution in [0.1, 0.15) is 28.1 Å². The summed E-state index contributed by atoms with van der Waals surface area (Å²) in [5.74, 6) is 0.728. The fourth-order valence-corrected chi connectivity index (χ4v) is 4.56. The Bertz CT molecular complexity index is 1470. The number of alkyl halides is 3. The molecule has 0 aliphatic heterocycles.